The molecule has 0 spiro atoms. The molecule has 0 unspecified atom stereocenters. The predicted molar refractivity (Wildman–Crippen MR) is 113 cm³/mol. The largest absolute Gasteiger partial charge is 0.399 e. The van der Waals surface area contributed by atoms with Crippen LogP contribution in [0.4, 0.5) is 5.69 Å². The van der Waals surface area contributed by atoms with Crippen molar-refractivity contribution >= 4 is 36.4 Å². The summed E-state index contributed by atoms with van der Waals surface area (Å²) in [4.78, 5) is 17.1. The zero-order valence-electron chi connectivity index (χ0n) is 15.7. The van der Waals surface area contributed by atoms with Crippen LogP contribution in [0, 0.1) is 5.92 Å². The standard InChI is InChI=1S/C20H31N3O.2ClH/c1-16-6-9-18(10-7-16)22-12-14-23(15-13-22)20(24)11-8-17-4-2-3-5-19(17)21;;/h2-5,16,18H,6-15,21H2,1H3;2*1H. The topological polar surface area (TPSA) is 49.6 Å². The molecule has 1 saturated carbocycles. The van der Waals surface area contributed by atoms with E-state index in [-0.39, 0.29) is 30.7 Å². The van der Waals surface area contributed by atoms with Crippen LogP contribution < -0.4 is 5.73 Å². The van der Waals surface area contributed by atoms with Crippen LogP contribution in [0.25, 0.3) is 0 Å². The van der Waals surface area contributed by atoms with Crippen LogP contribution in [0.3, 0.4) is 0 Å². The number of rotatable bonds is 4. The van der Waals surface area contributed by atoms with Gasteiger partial charge in [0.2, 0.25) is 5.91 Å². The number of benzene rings is 1. The van der Waals surface area contributed by atoms with Gasteiger partial charge >= 0.3 is 0 Å². The van der Waals surface area contributed by atoms with Crippen molar-refractivity contribution in [1.82, 2.24) is 9.80 Å². The molecule has 1 aromatic carbocycles. The Morgan fingerprint density at radius 3 is 2.27 bits per heavy atom. The summed E-state index contributed by atoms with van der Waals surface area (Å²) in [5.74, 6) is 1.17. The number of hydrogen-bond donors (Lipinski definition) is 1. The maximum Gasteiger partial charge on any atom is 0.222 e. The smallest absolute Gasteiger partial charge is 0.222 e. The van der Waals surface area contributed by atoms with E-state index in [1.54, 1.807) is 0 Å². The molecule has 1 saturated heterocycles. The number of amides is 1. The fraction of sp³-hybridized carbons (Fsp3) is 0.650. The Labute approximate surface area is 170 Å². The van der Waals surface area contributed by atoms with E-state index >= 15 is 0 Å². The van der Waals surface area contributed by atoms with E-state index in [0.29, 0.717) is 6.42 Å². The van der Waals surface area contributed by atoms with Gasteiger partial charge in [-0.1, -0.05) is 25.1 Å². The lowest BCUT2D eigenvalue weighted by Gasteiger charge is -2.41. The van der Waals surface area contributed by atoms with Crippen LogP contribution >= 0.6 is 24.8 Å². The number of aryl methyl sites for hydroxylation is 1. The minimum absolute atomic E-state index is 0. The summed E-state index contributed by atoms with van der Waals surface area (Å²) in [5, 5.41) is 0. The van der Waals surface area contributed by atoms with Crippen LogP contribution in [0.15, 0.2) is 24.3 Å². The van der Waals surface area contributed by atoms with Crippen molar-refractivity contribution in [2.24, 2.45) is 5.92 Å². The minimum atomic E-state index is 0. The Morgan fingerprint density at radius 2 is 1.65 bits per heavy atom. The van der Waals surface area contributed by atoms with Gasteiger partial charge < -0.3 is 10.6 Å². The highest BCUT2D eigenvalue weighted by molar-refractivity contribution is 5.85. The third kappa shape index (κ3) is 6.04. The lowest BCUT2D eigenvalue weighted by Crippen LogP contribution is -2.52. The molecule has 4 nitrogen and oxygen atoms in total. The van der Waals surface area contributed by atoms with E-state index in [9.17, 15) is 4.79 Å². The first-order valence-electron chi connectivity index (χ1n) is 9.48. The monoisotopic (exact) mass is 401 g/mol. The fourth-order valence-electron chi connectivity index (χ4n) is 4.11. The number of hydrogen-bond acceptors (Lipinski definition) is 3. The zero-order chi connectivity index (χ0) is 16.9. The van der Waals surface area contributed by atoms with Crippen molar-refractivity contribution in [3.8, 4) is 0 Å². The van der Waals surface area contributed by atoms with Gasteiger partial charge in [-0.2, -0.15) is 0 Å². The molecule has 1 heterocycles. The van der Waals surface area contributed by atoms with Gasteiger partial charge in [0, 0.05) is 44.3 Å². The third-order valence-corrected chi connectivity index (χ3v) is 5.83. The number of carbonyl (C=O) groups is 1. The number of nitrogens with two attached hydrogens (primary N) is 1. The molecule has 2 aliphatic rings. The van der Waals surface area contributed by atoms with E-state index in [1.807, 2.05) is 29.2 Å². The molecule has 1 amide bonds. The van der Waals surface area contributed by atoms with Gasteiger partial charge in [0.15, 0.2) is 0 Å². The molecular weight excluding hydrogens is 369 g/mol. The number of para-hydroxylation sites is 1. The zero-order valence-corrected chi connectivity index (χ0v) is 17.4. The molecular formula is C20H33Cl2N3O. The molecule has 0 aromatic heterocycles. The molecule has 6 heteroatoms. The highest BCUT2D eigenvalue weighted by Gasteiger charge is 2.28. The van der Waals surface area contributed by atoms with Gasteiger partial charge in [-0.3, -0.25) is 9.69 Å². The van der Waals surface area contributed by atoms with Gasteiger partial charge in [-0.25, -0.2) is 0 Å². The first-order valence-corrected chi connectivity index (χ1v) is 9.48. The Kier molecular flexibility index (Phi) is 9.77. The average molecular weight is 402 g/mol. The summed E-state index contributed by atoms with van der Waals surface area (Å²) >= 11 is 0. The molecule has 1 aliphatic carbocycles. The highest BCUT2D eigenvalue weighted by atomic mass is 35.5. The van der Waals surface area contributed by atoms with Crippen molar-refractivity contribution in [3.05, 3.63) is 29.8 Å². The number of nitrogen functional groups attached to an aromatic ring is 1. The molecule has 0 atom stereocenters. The normalized spacial score (nSPS) is 23.7. The number of piperazine rings is 1. The van der Waals surface area contributed by atoms with Crippen LogP contribution in [-0.2, 0) is 11.2 Å². The Morgan fingerprint density at radius 1 is 1.04 bits per heavy atom. The summed E-state index contributed by atoms with van der Waals surface area (Å²) in [6.07, 6.45) is 6.71. The van der Waals surface area contributed by atoms with Gasteiger partial charge in [-0.15, -0.1) is 24.8 Å². The summed E-state index contributed by atoms with van der Waals surface area (Å²) in [6, 6.07) is 8.60. The van der Waals surface area contributed by atoms with Gasteiger partial charge in [0.25, 0.3) is 0 Å². The first-order chi connectivity index (χ1) is 11.6. The second-order valence-electron chi connectivity index (χ2n) is 7.53. The SMILES string of the molecule is CC1CCC(N2CCN(C(=O)CCc3ccccc3N)CC2)CC1.Cl.Cl. The van der Waals surface area contributed by atoms with E-state index in [1.165, 1.54) is 25.7 Å². The summed E-state index contributed by atoms with van der Waals surface area (Å²) in [6.45, 7) is 6.22. The Balaban J connectivity index is 0.00000169. The quantitative estimate of drug-likeness (QED) is 0.780. The van der Waals surface area contributed by atoms with Crippen LogP contribution in [0.5, 0.6) is 0 Å². The third-order valence-electron chi connectivity index (χ3n) is 5.83. The lowest BCUT2D eigenvalue weighted by molar-refractivity contribution is -0.133. The van der Waals surface area contributed by atoms with Gasteiger partial charge in [-0.05, 0) is 49.7 Å². The maximum atomic E-state index is 12.5. The first kappa shape index (κ1) is 23.1. The lowest BCUT2D eigenvalue weighted by atomic mass is 9.86. The highest BCUT2D eigenvalue weighted by Crippen LogP contribution is 2.27. The molecule has 0 radical (unpaired) electrons. The maximum absolute atomic E-state index is 12.5. The van der Waals surface area contributed by atoms with E-state index in [4.69, 9.17) is 5.73 Å². The van der Waals surface area contributed by atoms with Crippen molar-refractivity contribution in [2.45, 2.75) is 51.5 Å². The van der Waals surface area contributed by atoms with Crippen molar-refractivity contribution < 1.29 is 4.79 Å². The molecule has 26 heavy (non-hydrogen) atoms. The summed E-state index contributed by atoms with van der Waals surface area (Å²) in [5.41, 5.74) is 7.84. The van der Waals surface area contributed by atoms with E-state index < -0.39 is 0 Å². The molecule has 148 valence electrons. The van der Waals surface area contributed by atoms with Crippen molar-refractivity contribution in [1.29, 1.82) is 0 Å². The van der Waals surface area contributed by atoms with Crippen molar-refractivity contribution in [2.75, 3.05) is 31.9 Å². The number of halogens is 2. The second kappa shape index (κ2) is 11.0. The van der Waals surface area contributed by atoms with Crippen LogP contribution in [-0.4, -0.2) is 47.9 Å². The molecule has 2 N–H and O–H groups in total. The Bertz CT molecular complexity index is 554. The fourth-order valence-corrected chi connectivity index (χ4v) is 4.11. The van der Waals surface area contributed by atoms with E-state index in [2.05, 4.69) is 11.8 Å². The second-order valence-corrected chi connectivity index (χ2v) is 7.53. The van der Waals surface area contributed by atoms with Crippen molar-refractivity contribution in [3.63, 3.8) is 0 Å². The average Bonchev–Trinajstić information content (AvgIpc) is 2.62. The number of carbonyl (C=O) groups excluding carboxylic acids is 1. The van der Waals surface area contributed by atoms with Crippen LogP contribution in [0.2, 0.25) is 0 Å². The summed E-state index contributed by atoms with van der Waals surface area (Å²) in [7, 11) is 0. The molecule has 0 bridgehead atoms. The number of nitrogens with zero attached hydrogens (tertiary/aromatic N) is 2. The minimum Gasteiger partial charge on any atom is -0.399 e. The van der Waals surface area contributed by atoms with Crippen LogP contribution in [0.1, 0.15) is 44.6 Å². The van der Waals surface area contributed by atoms with E-state index in [0.717, 1.165) is 55.8 Å². The summed E-state index contributed by atoms with van der Waals surface area (Å²) < 4.78 is 0. The molecule has 2 fully saturated rings. The molecule has 1 aromatic rings. The molecule has 3 rings (SSSR count). The Hall–Kier alpha value is -0.970. The van der Waals surface area contributed by atoms with Gasteiger partial charge in [0.05, 0.1) is 0 Å². The molecule has 1 aliphatic heterocycles. The van der Waals surface area contributed by atoms with Gasteiger partial charge in [0.1, 0.15) is 0 Å². The number of anilines is 1. The predicted octanol–water partition coefficient (Wildman–Crippen LogP) is 3.77.